The molecule has 0 aromatic carbocycles. The van der Waals surface area contributed by atoms with Gasteiger partial charge in [0.25, 0.3) is 0 Å². The zero-order chi connectivity index (χ0) is 10.7. The third-order valence-corrected chi connectivity index (χ3v) is 4.20. The fraction of sp³-hybridized carbons (Fsp3) is 0.923. The molecule has 0 amide bonds. The van der Waals surface area contributed by atoms with E-state index >= 15 is 0 Å². The second-order valence-corrected chi connectivity index (χ2v) is 5.38. The average molecular weight is 209 g/mol. The smallest absolute Gasteiger partial charge is 0.137 e. The van der Waals surface area contributed by atoms with Crippen LogP contribution in [0.15, 0.2) is 0 Å². The third kappa shape index (κ3) is 2.81. The summed E-state index contributed by atoms with van der Waals surface area (Å²) in [7, 11) is 0. The van der Waals surface area contributed by atoms with Gasteiger partial charge in [0.15, 0.2) is 0 Å². The molecule has 2 N–H and O–H groups in total. The molecular weight excluding hydrogens is 186 g/mol. The van der Waals surface area contributed by atoms with Gasteiger partial charge in [0.1, 0.15) is 5.78 Å². The molecule has 0 bridgehead atoms. The summed E-state index contributed by atoms with van der Waals surface area (Å²) in [6, 6.07) is 0.168. The van der Waals surface area contributed by atoms with Gasteiger partial charge in [-0.2, -0.15) is 0 Å². The highest BCUT2D eigenvalue weighted by Crippen LogP contribution is 2.31. The fourth-order valence-electron chi connectivity index (χ4n) is 3.22. The van der Waals surface area contributed by atoms with Crippen molar-refractivity contribution in [2.24, 2.45) is 17.6 Å². The number of ketones is 1. The van der Waals surface area contributed by atoms with Crippen LogP contribution in [0.5, 0.6) is 0 Å². The molecule has 2 unspecified atom stereocenters. The molecule has 2 heteroatoms. The van der Waals surface area contributed by atoms with Crippen molar-refractivity contribution >= 4 is 5.78 Å². The van der Waals surface area contributed by atoms with Crippen LogP contribution in [0.4, 0.5) is 0 Å². The molecule has 2 rings (SSSR count). The highest BCUT2D eigenvalue weighted by molar-refractivity contribution is 5.82. The van der Waals surface area contributed by atoms with Gasteiger partial charge in [-0.05, 0) is 18.8 Å². The topological polar surface area (TPSA) is 43.1 Å². The minimum Gasteiger partial charge on any atom is -0.327 e. The predicted molar refractivity (Wildman–Crippen MR) is 61.5 cm³/mol. The number of carbonyl (C=O) groups is 1. The van der Waals surface area contributed by atoms with Gasteiger partial charge in [0, 0.05) is 18.4 Å². The third-order valence-electron chi connectivity index (χ3n) is 4.20. The van der Waals surface area contributed by atoms with Crippen molar-refractivity contribution in [3.8, 4) is 0 Å². The predicted octanol–water partition coefficient (Wildman–Crippen LogP) is 2.65. The standard InChI is InChI=1S/C13H23NO/c14-12-8-4-7-11(12)13(15)9-10-5-2-1-3-6-10/h10-12H,1-9,14H2. The summed E-state index contributed by atoms with van der Waals surface area (Å²) < 4.78 is 0. The van der Waals surface area contributed by atoms with Crippen LogP contribution in [0.25, 0.3) is 0 Å². The minimum atomic E-state index is 0.168. The van der Waals surface area contributed by atoms with E-state index in [2.05, 4.69) is 0 Å². The van der Waals surface area contributed by atoms with Crippen LogP contribution in [-0.2, 0) is 4.79 Å². The van der Waals surface area contributed by atoms with E-state index in [-0.39, 0.29) is 12.0 Å². The lowest BCUT2D eigenvalue weighted by Crippen LogP contribution is -2.31. The second-order valence-electron chi connectivity index (χ2n) is 5.38. The largest absolute Gasteiger partial charge is 0.327 e. The lowest BCUT2D eigenvalue weighted by Gasteiger charge is -2.23. The van der Waals surface area contributed by atoms with Gasteiger partial charge in [-0.3, -0.25) is 4.79 Å². The molecule has 2 fully saturated rings. The van der Waals surface area contributed by atoms with Crippen LogP contribution in [0.2, 0.25) is 0 Å². The number of nitrogens with two attached hydrogens (primary N) is 1. The quantitative estimate of drug-likeness (QED) is 0.776. The Morgan fingerprint density at radius 3 is 2.33 bits per heavy atom. The summed E-state index contributed by atoms with van der Waals surface area (Å²) in [5, 5.41) is 0. The summed E-state index contributed by atoms with van der Waals surface area (Å²) in [5.74, 6) is 1.35. The first-order chi connectivity index (χ1) is 7.27. The molecule has 15 heavy (non-hydrogen) atoms. The molecule has 0 aromatic heterocycles. The van der Waals surface area contributed by atoms with Crippen LogP contribution >= 0.6 is 0 Å². The van der Waals surface area contributed by atoms with Crippen molar-refractivity contribution in [3.63, 3.8) is 0 Å². The average Bonchev–Trinajstić information content (AvgIpc) is 2.66. The summed E-state index contributed by atoms with van der Waals surface area (Å²) in [6.45, 7) is 0. The lowest BCUT2D eigenvalue weighted by atomic mass is 9.82. The Bertz CT molecular complexity index is 221. The Morgan fingerprint density at radius 1 is 1.00 bits per heavy atom. The Morgan fingerprint density at radius 2 is 1.73 bits per heavy atom. The van der Waals surface area contributed by atoms with Crippen LogP contribution in [0, 0.1) is 11.8 Å². The first kappa shape index (κ1) is 11.1. The molecule has 2 aliphatic carbocycles. The van der Waals surface area contributed by atoms with E-state index in [1.165, 1.54) is 32.1 Å². The van der Waals surface area contributed by atoms with Crippen molar-refractivity contribution in [3.05, 3.63) is 0 Å². The van der Waals surface area contributed by atoms with Crippen molar-refractivity contribution in [1.82, 2.24) is 0 Å². The summed E-state index contributed by atoms with van der Waals surface area (Å²) >= 11 is 0. The van der Waals surface area contributed by atoms with Crippen molar-refractivity contribution in [2.45, 2.75) is 63.8 Å². The molecule has 0 saturated heterocycles. The number of Topliss-reactive ketones (excluding diaryl/α,β-unsaturated/α-hetero) is 1. The molecule has 86 valence electrons. The van der Waals surface area contributed by atoms with E-state index in [0.29, 0.717) is 11.7 Å². The number of hydrogen-bond acceptors (Lipinski definition) is 2. The monoisotopic (exact) mass is 209 g/mol. The first-order valence-electron chi connectivity index (χ1n) is 6.55. The first-order valence-corrected chi connectivity index (χ1v) is 6.55. The Hall–Kier alpha value is -0.370. The van der Waals surface area contributed by atoms with Gasteiger partial charge in [-0.15, -0.1) is 0 Å². The van der Waals surface area contributed by atoms with Crippen LogP contribution < -0.4 is 5.73 Å². The fourth-order valence-corrected chi connectivity index (χ4v) is 3.22. The minimum absolute atomic E-state index is 0.168. The van der Waals surface area contributed by atoms with Crippen molar-refractivity contribution < 1.29 is 4.79 Å². The second kappa shape index (κ2) is 5.11. The maximum Gasteiger partial charge on any atom is 0.137 e. The Labute approximate surface area is 92.6 Å². The zero-order valence-corrected chi connectivity index (χ0v) is 9.58. The molecule has 2 saturated carbocycles. The van der Waals surface area contributed by atoms with Crippen LogP contribution in [-0.4, -0.2) is 11.8 Å². The molecular formula is C13H23NO. The van der Waals surface area contributed by atoms with E-state index in [0.717, 1.165) is 25.7 Å². The van der Waals surface area contributed by atoms with E-state index < -0.39 is 0 Å². The molecule has 2 nitrogen and oxygen atoms in total. The number of hydrogen-bond donors (Lipinski definition) is 1. The van der Waals surface area contributed by atoms with E-state index in [4.69, 9.17) is 5.73 Å². The molecule has 2 aliphatic rings. The van der Waals surface area contributed by atoms with Gasteiger partial charge in [-0.25, -0.2) is 0 Å². The highest BCUT2D eigenvalue weighted by Gasteiger charge is 2.31. The number of rotatable bonds is 3. The van der Waals surface area contributed by atoms with Crippen molar-refractivity contribution in [1.29, 1.82) is 0 Å². The van der Waals surface area contributed by atoms with Crippen LogP contribution in [0.1, 0.15) is 57.8 Å². The molecule has 0 aliphatic heterocycles. The molecule has 0 aromatic rings. The maximum absolute atomic E-state index is 12.0. The molecule has 0 radical (unpaired) electrons. The zero-order valence-electron chi connectivity index (χ0n) is 9.58. The van der Waals surface area contributed by atoms with Gasteiger partial charge in [0.2, 0.25) is 0 Å². The van der Waals surface area contributed by atoms with E-state index in [1.807, 2.05) is 0 Å². The summed E-state index contributed by atoms with van der Waals surface area (Å²) in [5.41, 5.74) is 5.96. The van der Waals surface area contributed by atoms with Gasteiger partial charge < -0.3 is 5.73 Å². The highest BCUT2D eigenvalue weighted by atomic mass is 16.1. The van der Waals surface area contributed by atoms with Crippen molar-refractivity contribution in [2.75, 3.05) is 0 Å². The summed E-state index contributed by atoms with van der Waals surface area (Å²) in [4.78, 5) is 12.0. The molecule has 0 spiro atoms. The Balaban J connectivity index is 1.80. The number of carbonyl (C=O) groups excluding carboxylic acids is 1. The van der Waals surface area contributed by atoms with E-state index in [9.17, 15) is 4.79 Å². The maximum atomic E-state index is 12.0. The SMILES string of the molecule is NC1CCCC1C(=O)CC1CCCCC1. The van der Waals surface area contributed by atoms with Gasteiger partial charge in [-0.1, -0.05) is 38.5 Å². The molecule has 2 atom stereocenters. The normalized spacial score (nSPS) is 33.1. The molecule has 0 heterocycles. The van der Waals surface area contributed by atoms with Gasteiger partial charge >= 0.3 is 0 Å². The summed E-state index contributed by atoms with van der Waals surface area (Å²) in [6.07, 6.45) is 10.6. The lowest BCUT2D eigenvalue weighted by molar-refractivity contribution is -0.124. The van der Waals surface area contributed by atoms with Gasteiger partial charge in [0.05, 0.1) is 0 Å². The van der Waals surface area contributed by atoms with E-state index in [1.54, 1.807) is 0 Å². The van der Waals surface area contributed by atoms with Crippen LogP contribution in [0.3, 0.4) is 0 Å². The Kier molecular flexibility index (Phi) is 3.79.